The molecule has 2 heterocycles. The molecule has 4 bridgehead atoms. The summed E-state index contributed by atoms with van der Waals surface area (Å²) in [4.78, 5) is 21.4. The summed E-state index contributed by atoms with van der Waals surface area (Å²) in [5.41, 5.74) is 2.30. The number of aromatic nitrogens is 2. The Morgan fingerprint density at radius 3 is 2.83 bits per heavy atom. The number of carboxylic acid groups (broad SMARTS) is 1. The molecule has 0 unspecified atom stereocenters. The fourth-order valence-electron chi connectivity index (χ4n) is 3.94. The van der Waals surface area contributed by atoms with Crippen molar-refractivity contribution in [1.29, 1.82) is 0 Å². The smallest absolute Gasteiger partial charge is 0.437 e. The maximum absolute atomic E-state index is 14.8. The van der Waals surface area contributed by atoms with Gasteiger partial charge in [-0.05, 0) is 55.0 Å². The first-order chi connectivity index (χ1) is 17.1. The topological polar surface area (TPSA) is 120 Å². The molecule has 0 saturated carbocycles. The van der Waals surface area contributed by atoms with Crippen LogP contribution >= 0.6 is 0 Å². The second-order valence-corrected chi connectivity index (χ2v) is 11.3. The molecule has 9 nitrogen and oxygen atoms in total. The van der Waals surface area contributed by atoms with E-state index in [1.54, 1.807) is 6.07 Å². The Balaban J connectivity index is 1.79. The van der Waals surface area contributed by atoms with Gasteiger partial charge in [-0.15, -0.1) is 0 Å². The number of fused-ring (bicyclic) bond motifs is 6. The Morgan fingerprint density at radius 2 is 2.06 bits per heavy atom. The largest absolute Gasteiger partial charge is 0.493 e. The minimum Gasteiger partial charge on any atom is -0.493 e. The van der Waals surface area contributed by atoms with Crippen molar-refractivity contribution in [2.24, 2.45) is 4.36 Å². The third kappa shape index (κ3) is 6.32. The lowest BCUT2D eigenvalue weighted by Gasteiger charge is -2.23. The van der Waals surface area contributed by atoms with E-state index in [1.165, 1.54) is 24.5 Å². The lowest BCUT2D eigenvalue weighted by molar-refractivity contribution is 0.206. The van der Waals surface area contributed by atoms with E-state index in [4.69, 9.17) is 9.84 Å². The van der Waals surface area contributed by atoms with Gasteiger partial charge in [0.2, 0.25) is 5.95 Å². The predicted molar refractivity (Wildman–Crippen MR) is 137 cm³/mol. The van der Waals surface area contributed by atoms with Crippen LogP contribution in [-0.2, 0) is 15.9 Å². The number of anilines is 3. The zero-order chi connectivity index (χ0) is 25.9. The quantitative estimate of drug-likeness (QED) is 0.344. The normalized spacial score (nSPS) is 14.4. The second-order valence-electron chi connectivity index (χ2n) is 8.65. The van der Waals surface area contributed by atoms with Gasteiger partial charge in [-0.1, -0.05) is 10.1 Å². The van der Waals surface area contributed by atoms with E-state index in [-0.39, 0.29) is 23.1 Å². The lowest BCUT2D eigenvalue weighted by Crippen LogP contribution is -2.20. The summed E-state index contributed by atoms with van der Waals surface area (Å²) in [7, 11) is -1.19. The monoisotopic (exact) mass is 519 g/mol. The molecule has 2 aromatic carbocycles. The Kier molecular flexibility index (Phi) is 7.45. The fourth-order valence-corrected chi connectivity index (χ4v) is 5.26. The number of ether oxygens (including phenoxy) is 1. The summed E-state index contributed by atoms with van der Waals surface area (Å²) in [5.74, 6) is -0.849. The Hall–Kier alpha value is -3.64. The number of benzene rings is 2. The van der Waals surface area contributed by atoms with Gasteiger partial charge in [-0.3, -0.25) is 0 Å². The highest BCUT2D eigenvalue weighted by Crippen LogP contribution is 2.33. The molecule has 0 aliphatic carbocycles. The molecule has 192 valence electrons. The third-order valence-electron chi connectivity index (χ3n) is 5.55. The first-order valence-corrected chi connectivity index (χ1v) is 13.5. The number of nitrogens with zero attached hydrogens (tertiary/aromatic N) is 4. The van der Waals surface area contributed by atoms with Gasteiger partial charge in [0.15, 0.2) is 5.82 Å². The van der Waals surface area contributed by atoms with Gasteiger partial charge in [0.05, 0.1) is 12.8 Å². The number of amides is 1. The van der Waals surface area contributed by atoms with Crippen molar-refractivity contribution in [3.05, 3.63) is 59.8 Å². The molecule has 4 rings (SSSR count). The molecule has 3 aromatic rings. The molecule has 0 saturated heterocycles. The van der Waals surface area contributed by atoms with Gasteiger partial charge < -0.3 is 24.6 Å². The molecule has 0 spiro atoms. The van der Waals surface area contributed by atoms with E-state index in [9.17, 15) is 18.1 Å². The van der Waals surface area contributed by atoms with Crippen LogP contribution in [-0.4, -0.2) is 52.2 Å². The van der Waals surface area contributed by atoms with Crippen LogP contribution in [0.2, 0.25) is 0 Å². The standard InChI is InChI=1S/C24H27F2N5O4S/c1-31-7-3-4-8-35-21-11-16(25)5-6-19(21)22-20(26)13-27-23(29-22)28-17-9-15(10-18(31)12-17)14-36(2,34)30-24(32)33/h5-6,9-13,36H,3-4,7-8,14H2,1-2H3,(H,30,34)(H,32,33)(H,27,28,29). The molecular formula is C24H27F2N5O4S. The molecule has 3 N–H and O–H groups in total. The SMILES string of the molecule is CN1CCCCOc2cc(F)ccc2-c2nc(ncc2F)Nc2cc(C[SH](C)(O)=NC(=O)O)cc1c2. The number of carbonyl (C=O) groups is 1. The van der Waals surface area contributed by atoms with Crippen LogP contribution in [0, 0.1) is 11.6 Å². The second kappa shape index (κ2) is 10.5. The van der Waals surface area contributed by atoms with Crippen LogP contribution in [0.4, 0.5) is 30.9 Å². The van der Waals surface area contributed by atoms with Crippen molar-refractivity contribution in [3.63, 3.8) is 0 Å². The van der Waals surface area contributed by atoms with Crippen molar-refractivity contribution in [3.8, 4) is 17.0 Å². The van der Waals surface area contributed by atoms with Gasteiger partial charge in [-0.25, -0.2) is 23.5 Å². The van der Waals surface area contributed by atoms with E-state index in [2.05, 4.69) is 19.6 Å². The van der Waals surface area contributed by atoms with Crippen LogP contribution in [0.15, 0.2) is 47.0 Å². The highest BCUT2D eigenvalue weighted by atomic mass is 32.3. The minimum atomic E-state index is -3.10. The van der Waals surface area contributed by atoms with E-state index in [0.29, 0.717) is 36.4 Å². The summed E-state index contributed by atoms with van der Waals surface area (Å²) >= 11 is 0. The van der Waals surface area contributed by atoms with Crippen molar-refractivity contribution in [2.45, 2.75) is 18.6 Å². The summed E-state index contributed by atoms with van der Waals surface area (Å²) in [6.45, 7) is 0.976. The molecule has 12 heteroatoms. The van der Waals surface area contributed by atoms with Crippen LogP contribution in [0.1, 0.15) is 18.4 Å². The van der Waals surface area contributed by atoms with Gasteiger partial charge in [0.1, 0.15) is 17.3 Å². The van der Waals surface area contributed by atoms with Crippen molar-refractivity contribution < 1.29 is 28.0 Å². The first-order valence-electron chi connectivity index (χ1n) is 11.2. The van der Waals surface area contributed by atoms with Gasteiger partial charge in [-0.2, -0.15) is 4.36 Å². The number of nitrogens with one attached hydrogen (secondary N) is 1. The van der Waals surface area contributed by atoms with Crippen LogP contribution < -0.4 is 15.0 Å². The highest BCUT2D eigenvalue weighted by Gasteiger charge is 2.17. The highest BCUT2D eigenvalue weighted by molar-refractivity contribution is 7.98. The number of hydrogen-bond donors (Lipinski definition) is 4. The Bertz CT molecular complexity index is 1350. The summed E-state index contributed by atoms with van der Waals surface area (Å²) in [6, 6.07) is 9.30. The van der Waals surface area contributed by atoms with Crippen LogP contribution in [0.25, 0.3) is 11.3 Å². The number of thiol groups is 1. The Labute approximate surface area is 208 Å². The molecule has 1 aliphatic rings. The molecular weight excluding hydrogens is 492 g/mol. The fraction of sp³-hybridized carbons (Fsp3) is 0.292. The summed E-state index contributed by atoms with van der Waals surface area (Å²) < 4.78 is 48.5. The van der Waals surface area contributed by atoms with E-state index >= 15 is 0 Å². The molecule has 0 fully saturated rings. The van der Waals surface area contributed by atoms with E-state index < -0.39 is 27.8 Å². The molecule has 1 aliphatic heterocycles. The minimum absolute atomic E-state index is 0.0417. The molecule has 0 radical (unpaired) electrons. The van der Waals surface area contributed by atoms with Gasteiger partial charge in [0.25, 0.3) is 0 Å². The lowest BCUT2D eigenvalue weighted by atomic mass is 10.1. The van der Waals surface area contributed by atoms with Gasteiger partial charge >= 0.3 is 6.09 Å². The zero-order valence-electron chi connectivity index (χ0n) is 19.8. The third-order valence-corrected chi connectivity index (χ3v) is 7.11. The Morgan fingerprint density at radius 1 is 1.25 bits per heavy atom. The van der Waals surface area contributed by atoms with E-state index in [1.807, 2.05) is 24.1 Å². The molecule has 36 heavy (non-hydrogen) atoms. The van der Waals surface area contributed by atoms with Crippen molar-refractivity contribution in [2.75, 3.05) is 36.7 Å². The van der Waals surface area contributed by atoms with Gasteiger partial charge in [0, 0.05) is 42.3 Å². The summed E-state index contributed by atoms with van der Waals surface area (Å²) in [6.07, 6.45) is 2.46. The number of halogens is 2. The molecule has 1 amide bonds. The molecule has 0 atom stereocenters. The zero-order valence-corrected chi connectivity index (χ0v) is 20.7. The van der Waals surface area contributed by atoms with Crippen LogP contribution in [0.3, 0.4) is 0 Å². The predicted octanol–water partition coefficient (Wildman–Crippen LogP) is 5.12. The first kappa shape index (κ1) is 25.5. The maximum Gasteiger partial charge on any atom is 0.437 e. The van der Waals surface area contributed by atoms with Crippen LogP contribution in [0.5, 0.6) is 5.75 Å². The average molecular weight is 520 g/mol. The maximum atomic E-state index is 14.8. The van der Waals surface area contributed by atoms with E-state index in [0.717, 1.165) is 18.3 Å². The number of rotatable bonds is 2. The molecule has 1 aromatic heterocycles. The number of hydrogen-bond acceptors (Lipinski definition) is 6. The summed E-state index contributed by atoms with van der Waals surface area (Å²) in [5, 5.41) is 12.1. The van der Waals surface area contributed by atoms with Crippen molar-refractivity contribution in [1.82, 2.24) is 9.97 Å². The van der Waals surface area contributed by atoms with Crippen molar-refractivity contribution >= 4 is 33.5 Å². The average Bonchev–Trinajstić information content (AvgIpc) is 2.78.